The van der Waals surface area contributed by atoms with Gasteiger partial charge in [0.2, 0.25) is 0 Å². The molecule has 0 fully saturated rings. The lowest BCUT2D eigenvalue weighted by Gasteiger charge is -2.26. The molecule has 7 heteroatoms. The molecule has 108 valence electrons. The third-order valence-corrected chi connectivity index (χ3v) is 5.22. The summed E-state index contributed by atoms with van der Waals surface area (Å²) >= 11 is 0. The minimum atomic E-state index is -3.25. The van der Waals surface area contributed by atoms with Crippen LogP contribution >= 0.6 is 0 Å². The normalized spacial score (nSPS) is 19.5. The van der Waals surface area contributed by atoms with E-state index < -0.39 is 9.84 Å². The predicted molar refractivity (Wildman–Crippen MR) is 75.4 cm³/mol. The predicted octanol–water partition coefficient (Wildman–Crippen LogP) is 1.13. The first-order valence-corrected chi connectivity index (χ1v) is 8.12. The number of fused-ring (bicyclic) bond motifs is 1. The Kier molecular flexibility index (Phi) is 3.42. The number of carbonyl (C=O) groups is 1. The quantitative estimate of drug-likeness (QED) is 0.898. The van der Waals surface area contributed by atoms with Crippen LogP contribution in [0.4, 0.5) is 0 Å². The van der Waals surface area contributed by atoms with E-state index in [9.17, 15) is 13.2 Å². The van der Waals surface area contributed by atoms with Gasteiger partial charge in [-0.1, -0.05) is 18.2 Å². The number of nitrogens with one attached hydrogen (secondary N) is 1. The molecule has 0 saturated heterocycles. The van der Waals surface area contributed by atoms with Gasteiger partial charge in [0.15, 0.2) is 9.84 Å². The number of rotatable bonds is 2. The molecule has 1 aromatic carbocycles. The van der Waals surface area contributed by atoms with Gasteiger partial charge in [0, 0.05) is 12.4 Å². The van der Waals surface area contributed by atoms with Gasteiger partial charge in [-0.15, -0.1) is 0 Å². The Balaban J connectivity index is 1.90. The summed E-state index contributed by atoms with van der Waals surface area (Å²) in [7, 11) is -3.25. The third kappa shape index (κ3) is 2.64. The van der Waals surface area contributed by atoms with Crippen LogP contribution in [-0.2, 0) is 9.84 Å². The second kappa shape index (κ2) is 5.25. The first-order chi connectivity index (χ1) is 10.1. The molecule has 2 aromatic rings. The van der Waals surface area contributed by atoms with E-state index in [0.29, 0.717) is 16.9 Å². The average molecular weight is 303 g/mol. The summed E-state index contributed by atoms with van der Waals surface area (Å²) in [6, 6.07) is 6.42. The lowest BCUT2D eigenvalue weighted by molar-refractivity contribution is 0.0929. The van der Waals surface area contributed by atoms with Gasteiger partial charge in [-0.3, -0.25) is 9.78 Å². The van der Waals surface area contributed by atoms with Crippen molar-refractivity contribution >= 4 is 15.7 Å². The number of amides is 1. The fourth-order valence-electron chi connectivity index (χ4n) is 2.39. The topological polar surface area (TPSA) is 89.0 Å². The second-order valence-electron chi connectivity index (χ2n) is 4.76. The van der Waals surface area contributed by atoms with E-state index in [-0.39, 0.29) is 23.4 Å². The highest BCUT2D eigenvalue weighted by atomic mass is 32.2. The van der Waals surface area contributed by atoms with Crippen LogP contribution in [0.1, 0.15) is 28.5 Å². The summed E-state index contributed by atoms with van der Waals surface area (Å²) in [5.41, 5.74) is 0.837. The maximum atomic E-state index is 12.1. The van der Waals surface area contributed by atoms with E-state index in [1.165, 1.54) is 18.6 Å². The minimum absolute atomic E-state index is 0.0232. The maximum absolute atomic E-state index is 12.1. The van der Waals surface area contributed by atoms with Crippen LogP contribution in [0, 0.1) is 0 Å². The molecule has 0 aliphatic carbocycles. The SMILES string of the molecule is O=C(N[C@H]1CCS(=O)(=O)c2ccccc21)c1cnccn1. The monoisotopic (exact) mass is 303 g/mol. The minimum Gasteiger partial charge on any atom is -0.344 e. The number of hydrogen-bond acceptors (Lipinski definition) is 5. The van der Waals surface area contributed by atoms with E-state index in [1.54, 1.807) is 24.3 Å². The highest BCUT2D eigenvalue weighted by Crippen LogP contribution is 2.31. The lowest BCUT2D eigenvalue weighted by atomic mass is 10.0. The highest BCUT2D eigenvalue weighted by molar-refractivity contribution is 7.91. The Morgan fingerprint density at radius 3 is 2.81 bits per heavy atom. The molecule has 0 spiro atoms. The Hall–Kier alpha value is -2.28. The van der Waals surface area contributed by atoms with Crippen molar-refractivity contribution in [1.29, 1.82) is 0 Å². The van der Waals surface area contributed by atoms with Crippen molar-refractivity contribution in [2.45, 2.75) is 17.4 Å². The fraction of sp³-hybridized carbons (Fsp3) is 0.214. The number of hydrogen-bond donors (Lipinski definition) is 1. The molecule has 0 unspecified atom stereocenters. The summed E-state index contributed by atoms with van der Waals surface area (Å²) in [6.07, 6.45) is 4.65. The van der Waals surface area contributed by atoms with Gasteiger partial charge in [0.1, 0.15) is 5.69 Å². The molecule has 1 atom stereocenters. The zero-order valence-corrected chi connectivity index (χ0v) is 11.9. The Bertz CT molecular complexity index is 775. The maximum Gasteiger partial charge on any atom is 0.271 e. The molecule has 1 amide bonds. The molecule has 3 rings (SSSR count). The van der Waals surface area contributed by atoms with Crippen LogP contribution in [0.2, 0.25) is 0 Å². The number of nitrogens with zero attached hydrogens (tertiary/aromatic N) is 2. The van der Waals surface area contributed by atoms with Gasteiger partial charge in [0.25, 0.3) is 5.91 Å². The first-order valence-electron chi connectivity index (χ1n) is 6.46. The molecule has 1 aliphatic heterocycles. The summed E-state index contributed by atoms with van der Waals surface area (Å²) in [5, 5.41) is 2.82. The standard InChI is InChI=1S/C14H13N3O3S/c18-14(12-9-15-6-7-16-12)17-11-5-8-21(19,20)13-4-2-1-3-10(11)13/h1-4,6-7,9,11H,5,8H2,(H,17,18)/t11-/m0/s1. The lowest BCUT2D eigenvalue weighted by Crippen LogP contribution is -2.34. The van der Waals surface area contributed by atoms with Crippen molar-refractivity contribution in [2.75, 3.05) is 5.75 Å². The summed E-state index contributed by atoms with van der Waals surface area (Å²) in [5.74, 6) is -0.336. The van der Waals surface area contributed by atoms with Gasteiger partial charge < -0.3 is 5.32 Å². The van der Waals surface area contributed by atoms with E-state index >= 15 is 0 Å². The molecule has 0 radical (unpaired) electrons. The molecular weight excluding hydrogens is 290 g/mol. The van der Waals surface area contributed by atoms with Crippen LogP contribution in [0.3, 0.4) is 0 Å². The smallest absolute Gasteiger partial charge is 0.271 e. The first kappa shape index (κ1) is 13.7. The number of carbonyl (C=O) groups excluding carboxylic acids is 1. The zero-order valence-electron chi connectivity index (χ0n) is 11.1. The van der Waals surface area contributed by atoms with Gasteiger partial charge in [-0.05, 0) is 18.1 Å². The van der Waals surface area contributed by atoms with Crippen LogP contribution in [0.25, 0.3) is 0 Å². The molecular formula is C14H13N3O3S. The Morgan fingerprint density at radius 2 is 2.05 bits per heavy atom. The van der Waals surface area contributed by atoms with Crippen LogP contribution in [-0.4, -0.2) is 30.0 Å². The largest absolute Gasteiger partial charge is 0.344 e. The van der Waals surface area contributed by atoms with Crippen LogP contribution < -0.4 is 5.32 Å². The van der Waals surface area contributed by atoms with Crippen molar-refractivity contribution in [2.24, 2.45) is 0 Å². The number of aromatic nitrogens is 2. The fourth-order valence-corrected chi connectivity index (χ4v) is 4.01. The number of benzene rings is 1. The number of sulfone groups is 1. The molecule has 0 bridgehead atoms. The molecule has 1 aromatic heterocycles. The van der Waals surface area contributed by atoms with Crippen LogP contribution in [0.5, 0.6) is 0 Å². The Labute approximate surface area is 122 Å². The highest BCUT2D eigenvalue weighted by Gasteiger charge is 2.31. The van der Waals surface area contributed by atoms with E-state index in [1.807, 2.05) is 0 Å². The summed E-state index contributed by atoms with van der Waals surface area (Å²) in [6.45, 7) is 0. The summed E-state index contributed by atoms with van der Waals surface area (Å²) in [4.78, 5) is 20.2. The van der Waals surface area contributed by atoms with E-state index in [0.717, 1.165) is 0 Å². The van der Waals surface area contributed by atoms with Crippen LogP contribution in [0.15, 0.2) is 47.8 Å². The molecule has 2 heterocycles. The van der Waals surface area contributed by atoms with Crippen molar-refractivity contribution in [3.63, 3.8) is 0 Å². The van der Waals surface area contributed by atoms with Crippen molar-refractivity contribution in [3.05, 3.63) is 54.1 Å². The van der Waals surface area contributed by atoms with Crippen molar-refractivity contribution < 1.29 is 13.2 Å². The average Bonchev–Trinajstić information content (AvgIpc) is 2.51. The van der Waals surface area contributed by atoms with E-state index in [4.69, 9.17) is 0 Å². The molecule has 1 N–H and O–H groups in total. The van der Waals surface area contributed by atoms with Crippen molar-refractivity contribution in [3.8, 4) is 0 Å². The second-order valence-corrected chi connectivity index (χ2v) is 6.84. The third-order valence-electron chi connectivity index (χ3n) is 3.41. The van der Waals surface area contributed by atoms with Gasteiger partial charge in [0.05, 0.1) is 22.9 Å². The van der Waals surface area contributed by atoms with Gasteiger partial charge in [-0.2, -0.15) is 0 Å². The zero-order chi connectivity index (χ0) is 14.9. The van der Waals surface area contributed by atoms with Gasteiger partial charge >= 0.3 is 0 Å². The summed E-state index contributed by atoms with van der Waals surface area (Å²) < 4.78 is 24.1. The molecule has 0 saturated carbocycles. The Morgan fingerprint density at radius 1 is 1.24 bits per heavy atom. The van der Waals surface area contributed by atoms with E-state index in [2.05, 4.69) is 15.3 Å². The van der Waals surface area contributed by atoms with Gasteiger partial charge in [-0.25, -0.2) is 13.4 Å². The molecule has 21 heavy (non-hydrogen) atoms. The molecule has 6 nitrogen and oxygen atoms in total. The molecule has 1 aliphatic rings. The van der Waals surface area contributed by atoms with Crippen molar-refractivity contribution in [1.82, 2.24) is 15.3 Å².